The van der Waals surface area contributed by atoms with Crippen molar-refractivity contribution in [1.82, 2.24) is 5.32 Å². The number of hydrogen-bond donors (Lipinski definition) is 2. The van der Waals surface area contributed by atoms with Gasteiger partial charge in [0.15, 0.2) is 5.11 Å². The van der Waals surface area contributed by atoms with Crippen LogP contribution in [0.25, 0.3) is 0 Å². The zero-order valence-corrected chi connectivity index (χ0v) is 7.72. The van der Waals surface area contributed by atoms with Crippen LogP contribution < -0.4 is 11.1 Å². The van der Waals surface area contributed by atoms with E-state index in [0.717, 1.165) is 12.8 Å². The lowest BCUT2D eigenvalue weighted by Gasteiger charge is -2.25. The third-order valence-electron chi connectivity index (χ3n) is 1.34. The molecule has 0 aromatic heterocycles. The molecule has 0 aromatic rings. The summed E-state index contributed by atoms with van der Waals surface area (Å²) in [6.45, 7) is 6.33. The van der Waals surface area contributed by atoms with E-state index in [9.17, 15) is 0 Å². The van der Waals surface area contributed by atoms with E-state index in [1.165, 1.54) is 0 Å². The Morgan fingerprint density at radius 1 is 1.60 bits per heavy atom. The van der Waals surface area contributed by atoms with Gasteiger partial charge in [0.05, 0.1) is 0 Å². The Bertz CT molecular complexity index is 121. The molecule has 0 heterocycles. The third-order valence-corrected chi connectivity index (χ3v) is 1.44. The molecule has 0 saturated heterocycles. The van der Waals surface area contributed by atoms with Crippen LogP contribution in [-0.2, 0) is 0 Å². The molecule has 0 atom stereocenters. The van der Waals surface area contributed by atoms with Crippen LogP contribution in [0.15, 0.2) is 0 Å². The average Bonchev–Trinajstić information content (AvgIpc) is 1.59. The molecular weight excluding hydrogens is 144 g/mol. The van der Waals surface area contributed by atoms with Crippen LogP contribution in [0.1, 0.15) is 33.6 Å². The zero-order chi connectivity index (χ0) is 8.20. The van der Waals surface area contributed by atoms with E-state index >= 15 is 0 Å². The maximum atomic E-state index is 5.33. The molecule has 3 N–H and O–H groups in total. The first-order chi connectivity index (χ1) is 4.48. The third kappa shape index (κ3) is 4.56. The summed E-state index contributed by atoms with van der Waals surface area (Å²) in [5.74, 6) is 0. The molecule has 0 saturated carbocycles. The van der Waals surface area contributed by atoms with Gasteiger partial charge in [-0.15, -0.1) is 0 Å². The van der Waals surface area contributed by atoms with E-state index in [2.05, 4.69) is 26.1 Å². The summed E-state index contributed by atoms with van der Waals surface area (Å²) in [6, 6.07) is 0. The molecular formula is C7H16N2S. The van der Waals surface area contributed by atoms with Crippen molar-refractivity contribution in [3.05, 3.63) is 0 Å². The molecule has 0 aromatic carbocycles. The normalized spacial score (nSPS) is 11.1. The number of hydrogen-bond acceptors (Lipinski definition) is 1. The van der Waals surface area contributed by atoms with Gasteiger partial charge in [-0.2, -0.15) is 0 Å². The first-order valence-corrected chi connectivity index (χ1v) is 3.96. The van der Waals surface area contributed by atoms with Crippen LogP contribution in [0.4, 0.5) is 0 Å². The molecule has 0 fully saturated rings. The second-order valence-electron chi connectivity index (χ2n) is 3.12. The van der Waals surface area contributed by atoms with Gasteiger partial charge >= 0.3 is 0 Å². The molecule has 0 radical (unpaired) electrons. The largest absolute Gasteiger partial charge is 0.376 e. The van der Waals surface area contributed by atoms with Crippen molar-refractivity contribution in [2.45, 2.75) is 39.2 Å². The molecule has 0 amide bonds. The Kier molecular flexibility index (Phi) is 3.64. The second kappa shape index (κ2) is 3.76. The smallest absolute Gasteiger partial charge is 0.164 e. The fraction of sp³-hybridized carbons (Fsp3) is 0.857. The predicted octanol–water partition coefficient (Wildman–Crippen LogP) is 1.40. The molecule has 3 heteroatoms. The van der Waals surface area contributed by atoms with Gasteiger partial charge < -0.3 is 11.1 Å². The van der Waals surface area contributed by atoms with E-state index in [-0.39, 0.29) is 5.54 Å². The summed E-state index contributed by atoms with van der Waals surface area (Å²) < 4.78 is 0. The van der Waals surface area contributed by atoms with E-state index in [1.54, 1.807) is 0 Å². The maximum Gasteiger partial charge on any atom is 0.164 e. The zero-order valence-electron chi connectivity index (χ0n) is 6.90. The van der Waals surface area contributed by atoms with Crippen molar-refractivity contribution in [2.24, 2.45) is 5.73 Å². The van der Waals surface area contributed by atoms with E-state index < -0.39 is 0 Å². The highest BCUT2D eigenvalue weighted by molar-refractivity contribution is 7.80. The van der Waals surface area contributed by atoms with Crippen LogP contribution >= 0.6 is 12.2 Å². The Labute approximate surface area is 68.2 Å². The minimum Gasteiger partial charge on any atom is -0.376 e. The predicted molar refractivity (Wildman–Crippen MR) is 48.9 cm³/mol. The lowest BCUT2D eigenvalue weighted by atomic mass is 9.99. The lowest BCUT2D eigenvalue weighted by Crippen LogP contribution is -2.45. The van der Waals surface area contributed by atoms with E-state index in [4.69, 9.17) is 18.0 Å². The number of nitrogens with one attached hydrogen (secondary N) is 1. The van der Waals surface area contributed by atoms with Gasteiger partial charge in [0.25, 0.3) is 0 Å². The van der Waals surface area contributed by atoms with Crippen LogP contribution in [-0.4, -0.2) is 10.7 Å². The van der Waals surface area contributed by atoms with Gasteiger partial charge in [-0.25, -0.2) is 0 Å². The Balaban J connectivity index is 3.74. The highest BCUT2D eigenvalue weighted by Gasteiger charge is 2.15. The molecule has 0 unspecified atom stereocenters. The second-order valence-corrected chi connectivity index (χ2v) is 3.56. The van der Waals surface area contributed by atoms with Crippen molar-refractivity contribution in [2.75, 3.05) is 0 Å². The molecule has 0 spiro atoms. The van der Waals surface area contributed by atoms with E-state index in [1.807, 2.05) is 0 Å². The van der Waals surface area contributed by atoms with Gasteiger partial charge in [0.1, 0.15) is 0 Å². The van der Waals surface area contributed by atoms with Crippen molar-refractivity contribution < 1.29 is 0 Å². The summed E-state index contributed by atoms with van der Waals surface area (Å²) in [6.07, 6.45) is 2.23. The minimum absolute atomic E-state index is 0.0561. The van der Waals surface area contributed by atoms with Crippen molar-refractivity contribution in [3.63, 3.8) is 0 Å². The first kappa shape index (κ1) is 9.69. The number of rotatable bonds is 3. The Hall–Kier alpha value is -0.310. The minimum atomic E-state index is 0.0561. The molecule has 0 aliphatic rings. The monoisotopic (exact) mass is 160 g/mol. The SMILES string of the molecule is CCCC(C)(C)NC(N)=S. The summed E-state index contributed by atoms with van der Waals surface area (Å²) in [5.41, 5.74) is 5.39. The number of nitrogens with two attached hydrogens (primary N) is 1. The van der Waals surface area contributed by atoms with Crippen LogP contribution in [0.2, 0.25) is 0 Å². The maximum absolute atomic E-state index is 5.33. The quantitative estimate of drug-likeness (QED) is 0.613. The topological polar surface area (TPSA) is 38.0 Å². The van der Waals surface area contributed by atoms with Crippen LogP contribution in [0.5, 0.6) is 0 Å². The molecule has 10 heavy (non-hydrogen) atoms. The number of thiocarbonyl (C=S) groups is 1. The molecule has 2 nitrogen and oxygen atoms in total. The van der Waals surface area contributed by atoms with Gasteiger partial charge in [-0.05, 0) is 32.5 Å². The highest BCUT2D eigenvalue weighted by Crippen LogP contribution is 2.09. The molecule has 0 aliphatic heterocycles. The van der Waals surface area contributed by atoms with Crippen molar-refractivity contribution in [3.8, 4) is 0 Å². The molecule has 60 valence electrons. The summed E-state index contributed by atoms with van der Waals surface area (Å²) in [4.78, 5) is 0. The first-order valence-electron chi connectivity index (χ1n) is 3.55. The van der Waals surface area contributed by atoms with Gasteiger partial charge in [-0.1, -0.05) is 13.3 Å². The fourth-order valence-electron chi connectivity index (χ4n) is 1.02. The fourth-order valence-corrected chi connectivity index (χ4v) is 1.30. The molecule has 0 bridgehead atoms. The van der Waals surface area contributed by atoms with Gasteiger partial charge in [0, 0.05) is 5.54 Å². The Morgan fingerprint density at radius 3 is 2.40 bits per heavy atom. The Morgan fingerprint density at radius 2 is 2.10 bits per heavy atom. The highest BCUT2D eigenvalue weighted by atomic mass is 32.1. The summed E-state index contributed by atoms with van der Waals surface area (Å²) in [7, 11) is 0. The molecule has 0 rings (SSSR count). The standard InChI is InChI=1S/C7H16N2S/c1-4-5-7(2,3)9-6(8)10/h4-5H2,1-3H3,(H3,8,9,10). The molecule has 0 aliphatic carbocycles. The van der Waals surface area contributed by atoms with E-state index in [0.29, 0.717) is 5.11 Å². The average molecular weight is 160 g/mol. The van der Waals surface area contributed by atoms with Crippen molar-refractivity contribution in [1.29, 1.82) is 0 Å². The van der Waals surface area contributed by atoms with Crippen molar-refractivity contribution >= 4 is 17.3 Å². The van der Waals surface area contributed by atoms with Crippen LogP contribution in [0, 0.1) is 0 Å². The summed E-state index contributed by atoms with van der Waals surface area (Å²) >= 11 is 4.72. The lowest BCUT2D eigenvalue weighted by molar-refractivity contribution is 0.421. The van der Waals surface area contributed by atoms with Gasteiger partial charge in [0.2, 0.25) is 0 Å². The van der Waals surface area contributed by atoms with Crippen LogP contribution in [0.3, 0.4) is 0 Å². The van der Waals surface area contributed by atoms with Gasteiger partial charge in [-0.3, -0.25) is 0 Å². The summed E-state index contributed by atoms with van der Waals surface area (Å²) in [5, 5.41) is 3.42.